The van der Waals surface area contributed by atoms with Crippen molar-refractivity contribution < 1.29 is 38.4 Å². The fourth-order valence-corrected chi connectivity index (χ4v) is 2.13. The van der Waals surface area contributed by atoms with E-state index in [9.17, 15) is 8.78 Å². The van der Waals surface area contributed by atoms with E-state index in [1.807, 2.05) is 24.3 Å². The summed E-state index contributed by atoms with van der Waals surface area (Å²) in [6, 6.07) is 17.4. The van der Waals surface area contributed by atoms with Gasteiger partial charge in [0.2, 0.25) is 0 Å². The number of benzene rings is 2. The third-order valence-corrected chi connectivity index (χ3v) is 3.26. The molecule has 0 amide bonds. The minimum atomic E-state index is -0.649. The minimum Gasteiger partial charge on any atom is -0.429 e. The molecule has 142 valence electrons. The third-order valence-electron chi connectivity index (χ3n) is 3.26. The Bertz CT molecular complexity index is 791. The van der Waals surface area contributed by atoms with Crippen molar-refractivity contribution in [2.75, 3.05) is 14.2 Å². The van der Waals surface area contributed by atoms with Crippen molar-refractivity contribution in [1.29, 1.82) is 0 Å². The van der Waals surface area contributed by atoms with Crippen molar-refractivity contribution in [2.45, 2.75) is 0 Å². The maximum atomic E-state index is 13.2. The maximum absolute atomic E-state index is 13.2. The Kier molecular flexibility index (Phi) is 10.3. The number of rotatable bonds is 5. The van der Waals surface area contributed by atoms with Gasteiger partial charge in [-0.25, -0.2) is 12.1 Å². The van der Waals surface area contributed by atoms with Gasteiger partial charge in [0.05, 0.1) is 0 Å². The molecule has 0 bridgehead atoms. The number of hydrogen-bond acceptors (Lipinski definition) is 3. The zero-order chi connectivity index (χ0) is 18.8. The van der Waals surface area contributed by atoms with Gasteiger partial charge in [-0.3, -0.25) is 19.9 Å². The molecule has 1 heterocycles. The van der Waals surface area contributed by atoms with Crippen LogP contribution in [0.25, 0.3) is 11.3 Å². The van der Waals surface area contributed by atoms with Crippen LogP contribution in [0, 0.1) is 30.9 Å². The number of methoxy groups -OCH3 is 2. The molecular formula is C21H18F2IrNO2. The molecule has 3 aromatic rings. The first kappa shape index (κ1) is 22.8. The number of pyridine rings is 1. The summed E-state index contributed by atoms with van der Waals surface area (Å²) in [6.45, 7) is 3.37. The van der Waals surface area contributed by atoms with Gasteiger partial charge in [0, 0.05) is 32.1 Å². The topological polar surface area (TPSA) is 31.4 Å². The molecule has 0 aliphatic heterocycles. The predicted octanol–water partition coefficient (Wildman–Crippen LogP) is 4.82. The maximum Gasteiger partial charge on any atom is 3.00 e. The molecular weight excluding hydrogens is 528 g/mol. The quantitative estimate of drug-likeness (QED) is 0.430. The molecule has 0 spiro atoms. The van der Waals surface area contributed by atoms with Crippen LogP contribution in [-0.4, -0.2) is 19.2 Å². The summed E-state index contributed by atoms with van der Waals surface area (Å²) in [4.78, 5) is 3.95. The number of hydrogen-bond donors (Lipinski definition) is 0. The average Bonchev–Trinajstić information content (AvgIpc) is 2.65. The standard InChI is InChI=1S/C11H6F2N.C10H12O2.Ir/c12-8-4-5-9(10(13)7-8)11-3-1-2-6-14-11;1-11-7-9-5-3-4-6-10(9)8-12-2;/h1-4,6-7H;3-8H,1-2H3;/q-1;-2;+3. The van der Waals surface area contributed by atoms with E-state index in [0.717, 1.165) is 23.3 Å². The molecule has 0 aliphatic rings. The Labute approximate surface area is 171 Å². The van der Waals surface area contributed by atoms with Crippen LogP contribution in [0.1, 0.15) is 11.1 Å². The van der Waals surface area contributed by atoms with E-state index < -0.39 is 11.6 Å². The van der Waals surface area contributed by atoms with Crippen molar-refractivity contribution >= 4 is 0 Å². The molecule has 3 nitrogen and oxygen atoms in total. The van der Waals surface area contributed by atoms with E-state index in [1.54, 1.807) is 51.8 Å². The zero-order valence-corrected chi connectivity index (χ0v) is 17.2. The van der Waals surface area contributed by atoms with Crippen molar-refractivity contribution in [3.63, 3.8) is 0 Å². The Morgan fingerprint density at radius 2 is 1.52 bits per heavy atom. The Morgan fingerprint density at radius 3 is 2.00 bits per heavy atom. The van der Waals surface area contributed by atoms with Gasteiger partial charge in [-0.05, 0) is 11.8 Å². The Balaban J connectivity index is 0.000000264. The van der Waals surface area contributed by atoms with Gasteiger partial charge in [-0.1, -0.05) is 23.8 Å². The van der Waals surface area contributed by atoms with E-state index in [1.165, 1.54) is 0 Å². The van der Waals surface area contributed by atoms with Gasteiger partial charge in [0.1, 0.15) is 0 Å². The first-order chi connectivity index (χ1) is 12.7. The van der Waals surface area contributed by atoms with Gasteiger partial charge in [-0.2, -0.15) is 0 Å². The summed E-state index contributed by atoms with van der Waals surface area (Å²) in [5.74, 6) is -1.29. The van der Waals surface area contributed by atoms with Gasteiger partial charge >= 0.3 is 20.1 Å². The van der Waals surface area contributed by atoms with Crippen LogP contribution in [0.2, 0.25) is 0 Å². The summed E-state index contributed by atoms with van der Waals surface area (Å²) < 4.78 is 35.6. The molecule has 0 unspecified atom stereocenters. The Hall–Kier alpha value is -2.24. The smallest absolute Gasteiger partial charge is 0.429 e. The van der Waals surface area contributed by atoms with Crippen molar-refractivity contribution in [1.82, 2.24) is 4.98 Å². The second-order valence-electron chi connectivity index (χ2n) is 5.09. The van der Waals surface area contributed by atoms with Crippen LogP contribution in [0.5, 0.6) is 0 Å². The van der Waals surface area contributed by atoms with Gasteiger partial charge < -0.3 is 14.5 Å². The fraction of sp³-hybridized carbons (Fsp3) is 0.0952. The molecule has 0 aliphatic carbocycles. The van der Waals surface area contributed by atoms with Crippen LogP contribution in [-0.2, 0) is 29.6 Å². The van der Waals surface area contributed by atoms with E-state index >= 15 is 0 Å². The van der Waals surface area contributed by atoms with Crippen molar-refractivity contribution in [2.24, 2.45) is 0 Å². The third kappa shape index (κ3) is 7.12. The first-order valence-electron chi connectivity index (χ1n) is 7.75. The minimum absolute atomic E-state index is 0. The molecule has 2 aromatic carbocycles. The van der Waals surface area contributed by atoms with Crippen molar-refractivity contribution in [3.8, 4) is 11.3 Å². The number of aromatic nitrogens is 1. The number of nitrogens with zero attached hydrogens (tertiary/aromatic N) is 1. The Morgan fingerprint density at radius 1 is 0.926 bits per heavy atom. The van der Waals surface area contributed by atoms with Crippen LogP contribution in [0.3, 0.4) is 0 Å². The predicted molar refractivity (Wildman–Crippen MR) is 95.7 cm³/mol. The van der Waals surface area contributed by atoms with E-state index in [-0.39, 0.29) is 25.7 Å². The molecule has 0 N–H and O–H groups in total. The van der Waals surface area contributed by atoms with Crippen molar-refractivity contribution in [3.05, 3.63) is 103 Å². The van der Waals surface area contributed by atoms with E-state index in [0.29, 0.717) is 5.69 Å². The molecule has 27 heavy (non-hydrogen) atoms. The first-order valence-corrected chi connectivity index (χ1v) is 7.75. The summed E-state index contributed by atoms with van der Waals surface area (Å²) in [5.41, 5.74) is 2.67. The molecule has 0 saturated carbocycles. The molecule has 0 fully saturated rings. The van der Waals surface area contributed by atoms with Crippen LogP contribution < -0.4 is 0 Å². The van der Waals surface area contributed by atoms with Gasteiger partial charge in [-0.15, -0.1) is 37.5 Å². The average molecular weight is 547 g/mol. The normalized spacial score (nSPS) is 9.48. The van der Waals surface area contributed by atoms with E-state index in [4.69, 9.17) is 9.47 Å². The zero-order valence-electron chi connectivity index (χ0n) is 14.8. The summed E-state index contributed by atoms with van der Waals surface area (Å²) >= 11 is 0. The van der Waals surface area contributed by atoms with Crippen LogP contribution in [0.4, 0.5) is 8.78 Å². The van der Waals surface area contributed by atoms with Crippen LogP contribution >= 0.6 is 0 Å². The van der Waals surface area contributed by atoms with Gasteiger partial charge in [0.25, 0.3) is 0 Å². The largest absolute Gasteiger partial charge is 3.00 e. The monoisotopic (exact) mass is 547 g/mol. The molecule has 6 heteroatoms. The number of halogens is 2. The molecule has 0 atom stereocenters. The summed E-state index contributed by atoms with van der Waals surface area (Å²) in [7, 11) is 3.26. The fourth-order valence-electron chi connectivity index (χ4n) is 2.13. The SMILES string of the molecule is CO[CH-]c1ccccc1[CH-]OC.Fc1c[c-]c(-c2ccccn2)c(F)c1.[Ir+3]. The van der Waals surface area contributed by atoms with Gasteiger partial charge in [0.15, 0.2) is 0 Å². The summed E-state index contributed by atoms with van der Waals surface area (Å²) in [6.07, 6.45) is 1.55. The molecule has 3 rings (SSSR count). The molecule has 0 radical (unpaired) electrons. The van der Waals surface area contributed by atoms with E-state index in [2.05, 4.69) is 11.1 Å². The number of ether oxygens (including phenoxy) is 2. The molecule has 0 saturated heterocycles. The second-order valence-corrected chi connectivity index (χ2v) is 5.09. The van der Waals surface area contributed by atoms with Crippen LogP contribution in [0.15, 0.2) is 60.8 Å². The summed E-state index contributed by atoms with van der Waals surface area (Å²) in [5, 5.41) is 0. The molecule has 1 aromatic heterocycles. The second kappa shape index (κ2) is 12.2.